The van der Waals surface area contributed by atoms with Crippen molar-refractivity contribution in [3.05, 3.63) is 58.6 Å². The minimum atomic E-state index is -4.71. The molecule has 1 N–H and O–H groups in total. The Balaban J connectivity index is 2.09. The fourth-order valence-electron chi connectivity index (χ4n) is 2.36. The van der Waals surface area contributed by atoms with Crippen molar-refractivity contribution in [2.45, 2.75) is 12.8 Å². The normalized spacial score (nSPS) is 11.3. The molecule has 5 nitrogen and oxygen atoms in total. The molecule has 0 saturated heterocycles. The van der Waals surface area contributed by atoms with Crippen LogP contribution in [0.5, 0.6) is 5.75 Å². The van der Waals surface area contributed by atoms with Gasteiger partial charge in [-0.25, -0.2) is 0 Å². The van der Waals surface area contributed by atoms with Gasteiger partial charge in [0.15, 0.2) is 0 Å². The van der Waals surface area contributed by atoms with Gasteiger partial charge in [-0.15, -0.1) is 0 Å². The van der Waals surface area contributed by atoms with E-state index in [0.29, 0.717) is 6.07 Å². The number of carbonyl (C=O) groups excluding carboxylic acids is 2. The summed E-state index contributed by atoms with van der Waals surface area (Å²) in [7, 11) is 1.23. The van der Waals surface area contributed by atoms with Gasteiger partial charge >= 0.3 is 12.8 Å². The number of nitrogens with zero attached hydrogens (tertiary/aromatic N) is 1. The van der Waals surface area contributed by atoms with Gasteiger partial charge in [0.1, 0.15) is 5.75 Å². The van der Waals surface area contributed by atoms with E-state index in [1.54, 1.807) is 0 Å². The van der Waals surface area contributed by atoms with Gasteiger partial charge in [-0.1, -0.05) is 23.7 Å². The third-order valence-electron chi connectivity index (χ3n) is 3.62. The minimum absolute atomic E-state index is 0.172. The fourth-order valence-corrected chi connectivity index (χ4v) is 2.58. The first kappa shape index (κ1) is 22.4. The molecule has 0 atom stereocenters. The van der Waals surface area contributed by atoms with Gasteiger partial charge in [0.25, 0.3) is 5.91 Å². The minimum Gasteiger partial charge on any atom is -0.434 e. The quantitative estimate of drug-likeness (QED) is 0.669. The number of benzene rings is 2. The lowest BCUT2D eigenvalue weighted by molar-refractivity contribution is -0.137. The van der Waals surface area contributed by atoms with Crippen molar-refractivity contribution in [2.24, 2.45) is 0 Å². The second-order valence-electron chi connectivity index (χ2n) is 5.78. The molecule has 2 aromatic rings. The second-order valence-corrected chi connectivity index (χ2v) is 6.18. The third kappa shape index (κ3) is 6.05. The molecule has 156 valence electrons. The van der Waals surface area contributed by atoms with Crippen LogP contribution in [-0.2, 0) is 11.0 Å². The highest BCUT2D eigenvalue weighted by Gasteiger charge is 2.33. The summed E-state index contributed by atoms with van der Waals surface area (Å²) in [5.41, 5.74) is -1.50. The van der Waals surface area contributed by atoms with Crippen LogP contribution in [0.15, 0.2) is 42.5 Å². The van der Waals surface area contributed by atoms with Crippen molar-refractivity contribution in [1.82, 2.24) is 4.90 Å². The molecule has 2 rings (SSSR count). The summed E-state index contributed by atoms with van der Waals surface area (Å²) in [6, 6.07) is 8.03. The van der Waals surface area contributed by atoms with Gasteiger partial charge in [-0.2, -0.15) is 22.0 Å². The molecule has 0 aliphatic carbocycles. The average Bonchev–Trinajstić information content (AvgIpc) is 2.61. The maximum absolute atomic E-state index is 12.9. The molecule has 2 aromatic carbocycles. The van der Waals surface area contributed by atoms with Crippen LogP contribution in [0, 0.1) is 0 Å². The monoisotopic (exact) mass is 436 g/mol. The molecule has 11 heteroatoms. The van der Waals surface area contributed by atoms with E-state index >= 15 is 0 Å². The van der Waals surface area contributed by atoms with Crippen LogP contribution in [0.2, 0.25) is 5.02 Å². The summed E-state index contributed by atoms with van der Waals surface area (Å²) in [6.45, 7) is -3.70. The smallest absolute Gasteiger partial charge is 0.417 e. The van der Waals surface area contributed by atoms with E-state index in [9.17, 15) is 31.5 Å². The Labute approximate surface area is 167 Å². The number of anilines is 1. The number of hydrogen-bond acceptors (Lipinski definition) is 3. The van der Waals surface area contributed by atoms with Crippen molar-refractivity contribution in [3.8, 4) is 5.75 Å². The standard InChI is InChI=1S/C18H14ClF5N2O3/c1-26(16(28)11-4-2-3-5-14(11)29-17(20)21)9-15(27)25-10-6-7-13(19)12(8-10)18(22,23)24/h2-8,17H,9H2,1H3,(H,25,27). The van der Waals surface area contributed by atoms with E-state index in [1.807, 2.05) is 0 Å². The van der Waals surface area contributed by atoms with Gasteiger partial charge in [-0.3, -0.25) is 9.59 Å². The molecule has 0 fully saturated rings. The number of nitrogens with one attached hydrogen (secondary N) is 1. The summed E-state index contributed by atoms with van der Waals surface area (Å²) in [5, 5.41) is 1.69. The number of halogens is 6. The van der Waals surface area contributed by atoms with Gasteiger partial charge in [0.2, 0.25) is 5.91 Å². The van der Waals surface area contributed by atoms with Gasteiger partial charge < -0.3 is 15.0 Å². The Kier molecular flexibility index (Phi) is 7.02. The van der Waals surface area contributed by atoms with Crippen LogP contribution in [0.1, 0.15) is 15.9 Å². The van der Waals surface area contributed by atoms with E-state index in [-0.39, 0.29) is 17.0 Å². The maximum atomic E-state index is 12.9. The second kappa shape index (κ2) is 9.08. The highest BCUT2D eigenvalue weighted by molar-refractivity contribution is 6.31. The molecular formula is C18H14ClF5N2O3. The van der Waals surface area contributed by atoms with Crippen molar-refractivity contribution < 1.29 is 36.3 Å². The molecule has 0 unspecified atom stereocenters. The van der Waals surface area contributed by atoms with E-state index in [4.69, 9.17) is 11.6 Å². The topological polar surface area (TPSA) is 58.6 Å². The van der Waals surface area contributed by atoms with Gasteiger partial charge in [0, 0.05) is 12.7 Å². The van der Waals surface area contributed by atoms with Crippen LogP contribution >= 0.6 is 11.6 Å². The van der Waals surface area contributed by atoms with Gasteiger partial charge in [0.05, 0.1) is 22.7 Å². The maximum Gasteiger partial charge on any atom is 0.417 e. The average molecular weight is 437 g/mol. The van der Waals surface area contributed by atoms with Gasteiger partial charge in [-0.05, 0) is 30.3 Å². The van der Waals surface area contributed by atoms with Crippen LogP contribution in [0.3, 0.4) is 0 Å². The molecule has 0 saturated carbocycles. The van der Waals surface area contributed by atoms with Crippen LogP contribution in [0.25, 0.3) is 0 Å². The lowest BCUT2D eigenvalue weighted by Crippen LogP contribution is -2.35. The lowest BCUT2D eigenvalue weighted by Gasteiger charge is -2.19. The first-order chi connectivity index (χ1) is 13.5. The first-order valence-electron chi connectivity index (χ1n) is 7.95. The predicted molar refractivity (Wildman–Crippen MR) is 95.1 cm³/mol. The number of carbonyl (C=O) groups is 2. The zero-order valence-corrected chi connectivity index (χ0v) is 15.5. The molecule has 0 aromatic heterocycles. The molecule has 0 aliphatic heterocycles. The number of amides is 2. The largest absolute Gasteiger partial charge is 0.434 e. The summed E-state index contributed by atoms with van der Waals surface area (Å²) < 4.78 is 67.8. The van der Waals surface area contributed by atoms with Crippen LogP contribution < -0.4 is 10.1 Å². The Bertz CT molecular complexity index is 905. The van der Waals surface area contributed by atoms with Crippen LogP contribution in [0.4, 0.5) is 27.6 Å². The molecule has 2 amide bonds. The zero-order valence-electron chi connectivity index (χ0n) is 14.8. The number of rotatable bonds is 6. The van der Waals surface area contributed by atoms with Crippen molar-refractivity contribution in [2.75, 3.05) is 18.9 Å². The first-order valence-corrected chi connectivity index (χ1v) is 8.32. The predicted octanol–water partition coefficient (Wildman–Crippen LogP) is 4.67. The molecule has 0 bridgehead atoms. The summed E-state index contributed by atoms with van der Waals surface area (Å²) in [4.78, 5) is 25.4. The van der Waals surface area contributed by atoms with Crippen LogP contribution in [-0.4, -0.2) is 36.9 Å². The molecule has 29 heavy (non-hydrogen) atoms. The summed E-state index contributed by atoms with van der Waals surface area (Å²) in [6.07, 6.45) is -4.71. The number of alkyl halides is 5. The number of ether oxygens (including phenoxy) is 1. The number of hydrogen-bond donors (Lipinski definition) is 1. The number of para-hydroxylation sites is 1. The van der Waals surface area contributed by atoms with Crippen molar-refractivity contribution in [3.63, 3.8) is 0 Å². The fraction of sp³-hybridized carbons (Fsp3) is 0.222. The molecule has 0 spiro atoms. The van der Waals surface area contributed by atoms with E-state index in [0.717, 1.165) is 11.0 Å². The van der Waals surface area contributed by atoms with E-state index < -0.39 is 41.7 Å². The Hall–Kier alpha value is -2.88. The summed E-state index contributed by atoms with van der Waals surface area (Å²) in [5.74, 6) is -1.96. The zero-order chi connectivity index (χ0) is 21.8. The van der Waals surface area contributed by atoms with Crippen molar-refractivity contribution >= 4 is 29.1 Å². The Morgan fingerprint density at radius 2 is 1.83 bits per heavy atom. The summed E-state index contributed by atoms with van der Waals surface area (Å²) >= 11 is 5.51. The number of likely N-dealkylation sites (N-methyl/N-ethyl adjacent to an activating group) is 1. The van der Waals surface area contributed by atoms with E-state index in [2.05, 4.69) is 10.1 Å². The molecular weight excluding hydrogens is 423 g/mol. The Morgan fingerprint density at radius 3 is 2.45 bits per heavy atom. The lowest BCUT2D eigenvalue weighted by atomic mass is 10.1. The molecule has 0 aliphatic rings. The van der Waals surface area contributed by atoms with E-state index in [1.165, 1.54) is 37.4 Å². The third-order valence-corrected chi connectivity index (χ3v) is 3.95. The highest BCUT2D eigenvalue weighted by atomic mass is 35.5. The Morgan fingerprint density at radius 1 is 1.17 bits per heavy atom. The molecule has 0 heterocycles. The highest BCUT2D eigenvalue weighted by Crippen LogP contribution is 2.36. The SMILES string of the molecule is CN(CC(=O)Nc1ccc(Cl)c(C(F)(F)F)c1)C(=O)c1ccccc1OC(F)F. The van der Waals surface area contributed by atoms with Crippen molar-refractivity contribution in [1.29, 1.82) is 0 Å². The molecule has 0 radical (unpaired) electrons.